The van der Waals surface area contributed by atoms with E-state index in [0.29, 0.717) is 11.7 Å². The Labute approximate surface area is 106 Å². The first-order valence-electron chi connectivity index (χ1n) is 5.91. The zero-order valence-electron chi connectivity index (χ0n) is 10.5. The molecule has 0 bridgehead atoms. The maximum atomic E-state index is 10.6. The number of hydrogen-bond acceptors (Lipinski definition) is 5. The molecule has 0 aliphatic rings. The van der Waals surface area contributed by atoms with Crippen LogP contribution in [-0.4, -0.2) is 16.5 Å². The van der Waals surface area contributed by atoms with Crippen molar-refractivity contribution in [2.24, 2.45) is 5.92 Å². The summed E-state index contributed by atoms with van der Waals surface area (Å²) in [4.78, 5) is 14.0. The highest BCUT2D eigenvalue weighted by Gasteiger charge is 2.15. The van der Waals surface area contributed by atoms with E-state index in [9.17, 15) is 10.1 Å². The van der Waals surface area contributed by atoms with E-state index in [0.717, 1.165) is 19.4 Å². The van der Waals surface area contributed by atoms with Crippen molar-refractivity contribution >= 4 is 11.5 Å². The van der Waals surface area contributed by atoms with Crippen LogP contribution >= 0.6 is 0 Å². The van der Waals surface area contributed by atoms with Crippen LogP contribution in [0.15, 0.2) is 12.1 Å². The van der Waals surface area contributed by atoms with Crippen LogP contribution in [0.2, 0.25) is 0 Å². The number of nitrogens with zero attached hydrogens (tertiary/aromatic N) is 3. The number of nitrogens with one attached hydrogen (secondary N) is 1. The fourth-order valence-corrected chi connectivity index (χ4v) is 1.61. The molecule has 0 aliphatic carbocycles. The van der Waals surface area contributed by atoms with Crippen molar-refractivity contribution in [2.45, 2.75) is 26.7 Å². The van der Waals surface area contributed by atoms with Crippen LogP contribution in [0.1, 0.15) is 32.4 Å². The predicted octanol–water partition coefficient (Wildman–Crippen LogP) is 2.71. The fraction of sp³-hybridized carbons (Fsp3) is 0.500. The van der Waals surface area contributed by atoms with Gasteiger partial charge in [-0.2, -0.15) is 5.26 Å². The van der Waals surface area contributed by atoms with E-state index in [1.54, 1.807) is 6.07 Å². The van der Waals surface area contributed by atoms with Crippen LogP contribution in [0.5, 0.6) is 0 Å². The van der Waals surface area contributed by atoms with Crippen molar-refractivity contribution in [2.75, 3.05) is 11.9 Å². The molecule has 6 nitrogen and oxygen atoms in total. The van der Waals surface area contributed by atoms with Gasteiger partial charge in [0.2, 0.25) is 5.69 Å². The van der Waals surface area contributed by atoms with Gasteiger partial charge in [-0.3, -0.25) is 10.1 Å². The summed E-state index contributed by atoms with van der Waals surface area (Å²) < 4.78 is 0. The van der Waals surface area contributed by atoms with Crippen molar-refractivity contribution in [1.29, 1.82) is 5.26 Å². The third-order valence-electron chi connectivity index (χ3n) is 2.90. The third kappa shape index (κ3) is 3.42. The Balaban J connectivity index is 2.81. The highest BCUT2D eigenvalue weighted by atomic mass is 16.6. The molecule has 18 heavy (non-hydrogen) atoms. The van der Waals surface area contributed by atoms with Crippen molar-refractivity contribution in [3.8, 4) is 6.07 Å². The zero-order valence-corrected chi connectivity index (χ0v) is 10.5. The Morgan fingerprint density at radius 2 is 2.17 bits per heavy atom. The molecule has 0 atom stereocenters. The molecule has 0 aromatic carbocycles. The summed E-state index contributed by atoms with van der Waals surface area (Å²) in [5.74, 6) is 1.04. The second kappa shape index (κ2) is 6.55. The number of anilines is 1. The van der Waals surface area contributed by atoms with E-state index in [-0.39, 0.29) is 11.4 Å². The SMILES string of the molecule is CCC(CC)CNc1ccc([N+](=O)[O-])c(C#N)n1. The third-order valence-corrected chi connectivity index (χ3v) is 2.90. The quantitative estimate of drug-likeness (QED) is 0.617. The summed E-state index contributed by atoms with van der Waals surface area (Å²) in [6.07, 6.45) is 2.11. The fourth-order valence-electron chi connectivity index (χ4n) is 1.61. The summed E-state index contributed by atoms with van der Waals surface area (Å²) in [6.45, 7) is 4.97. The van der Waals surface area contributed by atoms with Gasteiger partial charge in [0, 0.05) is 12.6 Å². The number of hydrogen-bond donors (Lipinski definition) is 1. The molecule has 6 heteroatoms. The number of nitriles is 1. The first-order chi connectivity index (χ1) is 8.62. The molecule has 96 valence electrons. The van der Waals surface area contributed by atoms with Crippen LogP contribution in [-0.2, 0) is 0 Å². The zero-order chi connectivity index (χ0) is 13.5. The number of pyridine rings is 1. The number of aromatic nitrogens is 1. The molecule has 0 saturated carbocycles. The molecule has 0 aliphatic heterocycles. The molecule has 1 N–H and O–H groups in total. The smallest absolute Gasteiger partial charge is 0.305 e. The van der Waals surface area contributed by atoms with Crippen molar-refractivity contribution in [1.82, 2.24) is 4.98 Å². The van der Waals surface area contributed by atoms with E-state index < -0.39 is 4.92 Å². The molecule has 0 radical (unpaired) electrons. The standard InChI is InChI=1S/C12H16N4O2/c1-3-9(4-2)8-14-12-6-5-11(16(17)18)10(7-13)15-12/h5-6,9H,3-4,8H2,1-2H3,(H,14,15). The van der Waals surface area contributed by atoms with Gasteiger partial charge >= 0.3 is 5.69 Å². The van der Waals surface area contributed by atoms with E-state index in [4.69, 9.17) is 5.26 Å². The maximum Gasteiger partial charge on any atom is 0.305 e. The first-order valence-corrected chi connectivity index (χ1v) is 5.91. The summed E-state index contributed by atoms with van der Waals surface area (Å²) in [5.41, 5.74) is -0.417. The van der Waals surface area contributed by atoms with Crippen LogP contribution in [0.25, 0.3) is 0 Å². The Morgan fingerprint density at radius 1 is 1.50 bits per heavy atom. The van der Waals surface area contributed by atoms with Gasteiger partial charge in [0.1, 0.15) is 11.9 Å². The van der Waals surface area contributed by atoms with Crippen LogP contribution in [0, 0.1) is 27.4 Å². The van der Waals surface area contributed by atoms with Crippen LogP contribution in [0.3, 0.4) is 0 Å². The van der Waals surface area contributed by atoms with Gasteiger partial charge in [-0.25, -0.2) is 4.98 Å². The minimum absolute atomic E-state index is 0.158. The summed E-state index contributed by atoms with van der Waals surface area (Å²) in [7, 11) is 0. The Bertz CT molecular complexity index is 464. The molecule has 1 heterocycles. The van der Waals surface area contributed by atoms with Gasteiger partial charge in [-0.15, -0.1) is 0 Å². The minimum atomic E-state index is -0.601. The summed E-state index contributed by atoms with van der Waals surface area (Å²) >= 11 is 0. The average Bonchev–Trinajstić information content (AvgIpc) is 2.39. The second-order valence-electron chi connectivity index (χ2n) is 4.00. The lowest BCUT2D eigenvalue weighted by molar-refractivity contribution is -0.385. The topological polar surface area (TPSA) is 91.9 Å². The van der Waals surface area contributed by atoms with Crippen LogP contribution < -0.4 is 5.32 Å². The highest BCUT2D eigenvalue weighted by Crippen LogP contribution is 2.18. The molecular formula is C12H16N4O2. The maximum absolute atomic E-state index is 10.6. The van der Waals surface area contributed by atoms with E-state index in [2.05, 4.69) is 24.1 Å². The monoisotopic (exact) mass is 248 g/mol. The van der Waals surface area contributed by atoms with E-state index in [1.807, 2.05) is 0 Å². The van der Waals surface area contributed by atoms with Crippen molar-refractivity contribution < 1.29 is 4.92 Å². The van der Waals surface area contributed by atoms with E-state index in [1.165, 1.54) is 12.1 Å². The largest absolute Gasteiger partial charge is 0.370 e. The Hall–Kier alpha value is -2.16. The summed E-state index contributed by atoms with van der Waals surface area (Å²) in [6, 6.07) is 4.58. The predicted molar refractivity (Wildman–Crippen MR) is 68.2 cm³/mol. The molecule has 1 rings (SSSR count). The number of nitro groups is 1. The van der Waals surface area contributed by atoms with Gasteiger partial charge in [-0.05, 0) is 12.0 Å². The molecule has 0 amide bonds. The minimum Gasteiger partial charge on any atom is -0.370 e. The molecular weight excluding hydrogens is 232 g/mol. The van der Waals surface area contributed by atoms with Gasteiger partial charge < -0.3 is 5.32 Å². The van der Waals surface area contributed by atoms with Gasteiger partial charge in [0.15, 0.2) is 0 Å². The Morgan fingerprint density at radius 3 is 2.67 bits per heavy atom. The second-order valence-corrected chi connectivity index (χ2v) is 4.00. The molecule has 1 aromatic heterocycles. The normalized spacial score (nSPS) is 10.1. The lowest BCUT2D eigenvalue weighted by Gasteiger charge is -2.13. The molecule has 1 aromatic rings. The van der Waals surface area contributed by atoms with Gasteiger partial charge in [0.05, 0.1) is 4.92 Å². The molecule has 0 unspecified atom stereocenters. The van der Waals surface area contributed by atoms with Gasteiger partial charge in [-0.1, -0.05) is 26.7 Å². The van der Waals surface area contributed by atoms with Gasteiger partial charge in [0.25, 0.3) is 0 Å². The molecule has 0 fully saturated rings. The first kappa shape index (κ1) is 13.9. The van der Waals surface area contributed by atoms with Crippen molar-refractivity contribution in [3.05, 3.63) is 27.9 Å². The summed E-state index contributed by atoms with van der Waals surface area (Å²) in [5, 5.41) is 22.6. The Kier molecular flexibility index (Phi) is 5.06. The molecule has 0 saturated heterocycles. The lowest BCUT2D eigenvalue weighted by atomic mass is 10.0. The van der Waals surface area contributed by atoms with E-state index >= 15 is 0 Å². The number of rotatable bonds is 6. The highest BCUT2D eigenvalue weighted by molar-refractivity contribution is 5.50. The average molecular weight is 248 g/mol. The molecule has 0 spiro atoms. The van der Waals surface area contributed by atoms with Crippen molar-refractivity contribution in [3.63, 3.8) is 0 Å². The lowest BCUT2D eigenvalue weighted by Crippen LogP contribution is -2.13. The van der Waals surface area contributed by atoms with Crippen LogP contribution in [0.4, 0.5) is 11.5 Å².